The molecule has 0 spiro atoms. The second-order valence-corrected chi connectivity index (χ2v) is 10.1. The van der Waals surface area contributed by atoms with Gasteiger partial charge in [0.1, 0.15) is 6.04 Å². The maximum absolute atomic E-state index is 13.7. The van der Waals surface area contributed by atoms with Crippen molar-refractivity contribution in [2.75, 3.05) is 6.61 Å². The molecule has 0 amide bonds. The lowest BCUT2D eigenvalue weighted by atomic mass is 10.0. The zero-order valence-electron chi connectivity index (χ0n) is 19.8. The SMILES string of the molecule is CCOC(=O)C1=C(C)N=c2s/c(=C/c3c(C)nn(-c4ccccc4)c3C)c(=O)n2C1c1cccs1. The van der Waals surface area contributed by atoms with Crippen molar-refractivity contribution in [3.8, 4) is 5.69 Å². The summed E-state index contributed by atoms with van der Waals surface area (Å²) in [7, 11) is 0. The van der Waals surface area contributed by atoms with Gasteiger partial charge in [0.2, 0.25) is 0 Å². The van der Waals surface area contributed by atoms with Crippen LogP contribution in [0.4, 0.5) is 0 Å². The third-order valence-electron chi connectivity index (χ3n) is 5.95. The Hall–Kier alpha value is -3.56. The normalized spacial score (nSPS) is 15.8. The first-order valence-electron chi connectivity index (χ1n) is 11.3. The predicted octanol–water partition coefficient (Wildman–Crippen LogP) is 3.66. The van der Waals surface area contributed by atoms with E-state index in [4.69, 9.17) is 9.84 Å². The van der Waals surface area contributed by atoms with Crippen LogP contribution < -0.4 is 14.9 Å². The number of hydrogen-bond acceptors (Lipinski definition) is 7. The van der Waals surface area contributed by atoms with Crippen LogP contribution in [0.5, 0.6) is 0 Å². The highest BCUT2D eigenvalue weighted by molar-refractivity contribution is 7.10. The van der Waals surface area contributed by atoms with Crippen molar-refractivity contribution < 1.29 is 9.53 Å². The molecule has 1 atom stereocenters. The lowest BCUT2D eigenvalue weighted by Crippen LogP contribution is -2.39. The quantitative estimate of drug-likeness (QED) is 0.389. The summed E-state index contributed by atoms with van der Waals surface area (Å²) < 4.78 is 9.38. The van der Waals surface area contributed by atoms with Gasteiger partial charge in [-0.2, -0.15) is 5.10 Å². The number of ether oxygens (including phenoxy) is 1. The summed E-state index contributed by atoms with van der Waals surface area (Å²) in [6.07, 6.45) is 1.88. The number of esters is 1. The molecule has 0 saturated heterocycles. The number of thiophene rings is 1. The smallest absolute Gasteiger partial charge is 0.338 e. The van der Waals surface area contributed by atoms with Gasteiger partial charge in [0, 0.05) is 16.1 Å². The number of para-hydroxylation sites is 1. The lowest BCUT2D eigenvalue weighted by molar-refractivity contribution is -0.139. The van der Waals surface area contributed by atoms with E-state index >= 15 is 0 Å². The second-order valence-electron chi connectivity index (χ2n) is 8.15. The Morgan fingerprint density at radius 2 is 1.91 bits per heavy atom. The topological polar surface area (TPSA) is 78.5 Å². The van der Waals surface area contributed by atoms with Crippen LogP contribution in [0.1, 0.15) is 41.7 Å². The van der Waals surface area contributed by atoms with Crippen molar-refractivity contribution in [2.45, 2.75) is 33.7 Å². The lowest BCUT2D eigenvalue weighted by Gasteiger charge is -2.23. The molecule has 0 N–H and O–H groups in total. The fraction of sp³-hybridized carbons (Fsp3) is 0.231. The van der Waals surface area contributed by atoms with Gasteiger partial charge in [-0.1, -0.05) is 35.6 Å². The van der Waals surface area contributed by atoms with Crippen LogP contribution in [-0.2, 0) is 9.53 Å². The van der Waals surface area contributed by atoms with Crippen molar-refractivity contribution in [3.63, 3.8) is 0 Å². The third-order valence-corrected chi connectivity index (χ3v) is 7.86. The first kappa shape index (κ1) is 23.2. The first-order valence-corrected chi connectivity index (χ1v) is 12.9. The number of aryl methyl sites for hydroxylation is 1. The van der Waals surface area contributed by atoms with Crippen molar-refractivity contribution in [1.29, 1.82) is 0 Å². The van der Waals surface area contributed by atoms with Crippen LogP contribution in [0, 0.1) is 13.8 Å². The average Bonchev–Trinajstić information content (AvgIpc) is 3.55. The molecule has 4 aromatic rings. The minimum atomic E-state index is -0.568. The molecule has 5 rings (SSSR count). The molecular formula is C26H24N4O3S2. The molecule has 7 nitrogen and oxygen atoms in total. The Labute approximate surface area is 210 Å². The summed E-state index contributed by atoms with van der Waals surface area (Å²) in [6, 6.07) is 13.2. The maximum atomic E-state index is 13.7. The Kier molecular flexibility index (Phi) is 6.12. The highest BCUT2D eigenvalue weighted by Crippen LogP contribution is 2.33. The third kappa shape index (κ3) is 4.00. The molecule has 1 aromatic carbocycles. The Morgan fingerprint density at radius 3 is 2.60 bits per heavy atom. The minimum absolute atomic E-state index is 0.187. The van der Waals surface area contributed by atoms with E-state index in [9.17, 15) is 9.59 Å². The molecule has 0 radical (unpaired) electrons. The van der Waals surface area contributed by atoms with Gasteiger partial charge in [-0.25, -0.2) is 14.5 Å². The molecule has 1 aliphatic heterocycles. The zero-order chi connectivity index (χ0) is 24.7. The fourth-order valence-corrected chi connectivity index (χ4v) is 6.17. The summed E-state index contributed by atoms with van der Waals surface area (Å²) in [5.74, 6) is -0.447. The van der Waals surface area contributed by atoms with Crippen molar-refractivity contribution in [1.82, 2.24) is 14.3 Å². The van der Waals surface area contributed by atoms with Crippen LogP contribution in [0.15, 0.2) is 68.9 Å². The van der Waals surface area contributed by atoms with Crippen LogP contribution in [-0.4, -0.2) is 26.9 Å². The minimum Gasteiger partial charge on any atom is -0.463 e. The number of hydrogen-bond donors (Lipinski definition) is 0. The fourth-order valence-electron chi connectivity index (χ4n) is 4.32. The molecule has 0 bridgehead atoms. The van der Waals surface area contributed by atoms with Gasteiger partial charge in [0.25, 0.3) is 5.56 Å². The summed E-state index contributed by atoms with van der Waals surface area (Å²) in [6.45, 7) is 7.74. The summed E-state index contributed by atoms with van der Waals surface area (Å²) in [5, 5.41) is 6.64. The van der Waals surface area contributed by atoms with Crippen molar-refractivity contribution in [2.24, 2.45) is 4.99 Å². The van der Waals surface area contributed by atoms with Crippen LogP contribution in [0.3, 0.4) is 0 Å². The van der Waals surface area contributed by atoms with E-state index in [-0.39, 0.29) is 12.2 Å². The van der Waals surface area contributed by atoms with E-state index in [0.717, 1.165) is 27.5 Å². The van der Waals surface area contributed by atoms with Gasteiger partial charge in [0.05, 0.1) is 33.8 Å². The molecular weight excluding hydrogens is 480 g/mol. The molecule has 9 heteroatoms. The van der Waals surface area contributed by atoms with Gasteiger partial charge in [-0.15, -0.1) is 11.3 Å². The monoisotopic (exact) mass is 504 g/mol. The van der Waals surface area contributed by atoms with Crippen molar-refractivity contribution >= 4 is 34.7 Å². The number of carbonyl (C=O) groups is 1. The number of allylic oxidation sites excluding steroid dienone is 1. The van der Waals surface area contributed by atoms with Gasteiger partial charge in [-0.3, -0.25) is 9.36 Å². The Morgan fingerprint density at radius 1 is 1.14 bits per heavy atom. The molecule has 1 aliphatic rings. The van der Waals surface area contributed by atoms with Crippen LogP contribution in [0.25, 0.3) is 11.8 Å². The largest absolute Gasteiger partial charge is 0.463 e. The molecule has 1 unspecified atom stereocenters. The zero-order valence-corrected chi connectivity index (χ0v) is 21.4. The molecule has 0 aliphatic carbocycles. The second kappa shape index (κ2) is 9.24. The molecule has 3 aromatic heterocycles. The number of carbonyl (C=O) groups excluding carboxylic acids is 1. The maximum Gasteiger partial charge on any atom is 0.338 e. The number of benzene rings is 1. The molecule has 178 valence electrons. The summed E-state index contributed by atoms with van der Waals surface area (Å²) in [4.78, 5) is 32.7. The highest BCUT2D eigenvalue weighted by Gasteiger charge is 2.34. The number of nitrogens with zero attached hydrogens (tertiary/aromatic N) is 4. The van der Waals surface area contributed by atoms with Crippen LogP contribution >= 0.6 is 22.7 Å². The van der Waals surface area contributed by atoms with Crippen molar-refractivity contribution in [3.05, 3.63) is 101 Å². The Balaban J connectivity index is 1.69. The average molecular weight is 505 g/mol. The van der Waals surface area contributed by atoms with Gasteiger partial charge >= 0.3 is 5.97 Å². The molecule has 0 saturated carbocycles. The summed E-state index contributed by atoms with van der Waals surface area (Å²) >= 11 is 2.82. The highest BCUT2D eigenvalue weighted by atomic mass is 32.1. The van der Waals surface area contributed by atoms with E-state index in [1.165, 1.54) is 22.7 Å². The van der Waals surface area contributed by atoms with Crippen LogP contribution in [0.2, 0.25) is 0 Å². The van der Waals surface area contributed by atoms with Gasteiger partial charge in [0.15, 0.2) is 4.80 Å². The molecule has 0 fully saturated rings. The standard InChI is InChI=1S/C26H24N4O3S2/c1-5-33-25(32)22-16(3)27-26-29(23(22)20-12-9-13-34-20)24(31)21(35-26)14-19-15(2)28-30(17(19)4)18-10-7-6-8-11-18/h6-14,23H,5H2,1-4H3/b21-14+. The van der Waals surface area contributed by atoms with E-state index < -0.39 is 12.0 Å². The van der Waals surface area contributed by atoms with E-state index in [1.807, 2.05) is 72.4 Å². The molecule has 35 heavy (non-hydrogen) atoms. The van der Waals surface area contributed by atoms with Gasteiger partial charge in [-0.05, 0) is 57.4 Å². The first-order chi connectivity index (χ1) is 16.9. The van der Waals surface area contributed by atoms with E-state index in [1.54, 1.807) is 18.4 Å². The number of rotatable bonds is 5. The number of fused-ring (bicyclic) bond motifs is 1. The number of thiazole rings is 1. The van der Waals surface area contributed by atoms with E-state index in [0.29, 0.717) is 20.6 Å². The Bertz CT molecular complexity index is 1620. The predicted molar refractivity (Wildman–Crippen MR) is 138 cm³/mol. The van der Waals surface area contributed by atoms with Gasteiger partial charge < -0.3 is 4.74 Å². The summed E-state index contributed by atoms with van der Waals surface area (Å²) in [5.41, 5.74) is 4.41. The van der Waals surface area contributed by atoms with E-state index in [2.05, 4.69) is 4.99 Å². The number of aromatic nitrogens is 3. The molecule has 4 heterocycles.